The fourth-order valence-electron chi connectivity index (χ4n) is 0.505. The predicted octanol–water partition coefficient (Wildman–Crippen LogP) is -0.243. The standard InChI is InChI=1S/C8H18N2O4S/c1-6(2)5-10-15(12,13)14-7(11)8(3,4)9/h6,10H,5,9H2,1-4H3. The Bertz CT molecular complexity index is 316. The van der Waals surface area contributed by atoms with Crippen LogP contribution in [0.25, 0.3) is 0 Å². The van der Waals surface area contributed by atoms with Crippen molar-refractivity contribution in [3.8, 4) is 0 Å². The minimum absolute atomic E-state index is 0.129. The third kappa shape index (κ3) is 6.43. The summed E-state index contributed by atoms with van der Waals surface area (Å²) in [5.41, 5.74) is 4.05. The van der Waals surface area contributed by atoms with Crippen LogP contribution in [0.1, 0.15) is 27.7 Å². The molecule has 0 fully saturated rings. The fraction of sp³-hybridized carbons (Fsp3) is 0.875. The molecule has 3 N–H and O–H groups in total. The summed E-state index contributed by atoms with van der Waals surface area (Å²) in [4.78, 5) is 11.2. The van der Waals surface area contributed by atoms with E-state index in [1.54, 1.807) is 0 Å². The lowest BCUT2D eigenvalue weighted by molar-refractivity contribution is -0.138. The van der Waals surface area contributed by atoms with E-state index in [0.29, 0.717) is 0 Å². The highest BCUT2D eigenvalue weighted by Gasteiger charge is 2.28. The third-order valence-corrected chi connectivity index (χ3v) is 2.27. The van der Waals surface area contributed by atoms with Crippen LogP contribution in [-0.2, 0) is 19.3 Å². The quantitative estimate of drug-likeness (QED) is 0.688. The topological polar surface area (TPSA) is 98.5 Å². The molecular weight excluding hydrogens is 220 g/mol. The van der Waals surface area contributed by atoms with E-state index in [-0.39, 0.29) is 12.5 Å². The van der Waals surface area contributed by atoms with Crippen molar-refractivity contribution in [3.63, 3.8) is 0 Å². The fourth-order valence-corrected chi connectivity index (χ4v) is 1.52. The van der Waals surface area contributed by atoms with E-state index in [9.17, 15) is 13.2 Å². The van der Waals surface area contributed by atoms with Crippen molar-refractivity contribution in [2.45, 2.75) is 33.2 Å². The molecule has 0 unspecified atom stereocenters. The van der Waals surface area contributed by atoms with Gasteiger partial charge >= 0.3 is 16.3 Å². The summed E-state index contributed by atoms with van der Waals surface area (Å²) in [6.07, 6.45) is 0. The van der Waals surface area contributed by atoms with Gasteiger partial charge in [-0.25, -0.2) is 4.79 Å². The molecule has 0 spiro atoms. The Balaban J connectivity index is 4.34. The Morgan fingerprint density at radius 1 is 1.47 bits per heavy atom. The number of carbonyl (C=O) groups is 1. The number of hydrogen-bond acceptors (Lipinski definition) is 5. The summed E-state index contributed by atoms with van der Waals surface area (Å²) in [6, 6.07) is 0. The van der Waals surface area contributed by atoms with Crippen LogP contribution in [0.15, 0.2) is 0 Å². The van der Waals surface area contributed by atoms with Gasteiger partial charge in [0, 0.05) is 6.54 Å². The molecule has 7 heteroatoms. The summed E-state index contributed by atoms with van der Waals surface area (Å²) < 4.78 is 28.7. The van der Waals surface area contributed by atoms with Gasteiger partial charge in [0.1, 0.15) is 5.54 Å². The van der Waals surface area contributed by atoms with Crippen molar-refractivity contribution in [2.24, 2.45) is 11.7 Å². The van der Waals surface area contributed by atoms with Gasteiger partial charge in [0.15, 0.2) is 0 Å². The molecule has 0 aromatic carbocycles. The van der Waals surface area contributed by atoms with Crippen molar-refractivity contribution >= 4 is 16.3 Å². The van der Waals surface area contributed by atoms with Gasteiger partial charge in [0.25, 0.3) is 0 Å². The molecule has 0 aliphatic rings. The molecule has 0 aliphatic heterocycles. The molecule has 15 heavy (non-hydrogen) atoms. The average molecular weight is 238 g/mol. The van der Waals surface area contributed by atoms with E-state index in [1.807, 2.05) is 13.8 Å². The predicted molar refractivity (Wildman–Crippen MR) is 56.1 cm³/mol. The Hall–Kier alpha value is -0.660. The highest BCUT2D eigenvalue weighted by molar-refractivity contribution is 7.85. The lowest BCUT2D eigenvalue weighted by Gasteiger charge is -2.16. The molecule has 0 atom stereocenters. The van der Waals surface area contributed by atoms with Gasteiger partial charge in [0.05, 0.1) is 0 Å². The highest BCUT2D eigenvalue weighted by Crippen LogP contribution is 2.03. The first kappa shape index (κ1) is 14.3. The number of nitrogens with one attached hydrogen (secondary N) is 1. The second kappa shape index (κ2) is 4.91. The first-order valence-electron chi connectivity index (χ1n) is 4.57. The van der Waals surface area contributed by atoms with E-state index >= 15 is 0 Å². The zero-order valence-electron chi connectivity index (χ0n) is 9.40. The molecule has 0 aromatic heterocycles. The maximum Gasteiger partial charge on any atom is 0.385 e. The Kier molecular flexibility index (Phi) is 4.69. The van der Waals surface area contributed by atoms with E-state index < -0.39 is 21.8 Å². The lowest BCUT2D eigenvalue weighted by atomic mass is 10.1. The molecule has 6 nitrogen and oxygen atoms in total. The molecule has 0 saturated heterocycles. The molecule has 90 valence electrons. The molecule has 0 amide bonds. The van der Waals surface area contributed by atoms with Crippen LogP contribution in [0.3, 0.4) is 0 Å². The minimum Gasteiger partial charge on any atom is -0.332 e. The third-order valence-electron chi connectivity index (χ3n) is 1.38. The SMILES string of the molecule is CC(C)CNS(=O)(=O)OC(=O)C(C)(C)N. The first-order chi connectivity index (χ1) is 6.54. The van der Waals surface area contributed by atoms with Crippen molar-refractivity contribution in [1.29, 1.82) is 0 Å². The maximum absolute atomic E-state index is 11.2. The van der Waals surface area contributed by atoms with Crippen LogP contribution in [0.2, 0.25) is 0 Å². The minimum atomic E-state index is -4.04. The van der Waals surface area contributed by atoms with Gasteiger partial charge in [-0.3, -0.25) is 0 Å². The van der Waals surface area contributed by atoms with E-state index in [4.69, 9.17) is 5.73 Å². The molecule has 0 bridgehead atoms. The summed E-state index contributed by atoms with van der Waals surface area (Å²) in [7, 11) is -4.04. The number of carbonyl (C=O) groups excluding carboxylic acids is 1. The molecule has 0 rings (SSSR count). The van der Waals surface area contributed by atoms with Crippen LogP contribution in [0.4, 0.5) is 0 Å². The average Bonchev–Trinajstić information content (AvgIpc) is 1.98. The molecule has 0 aromatic rings. The smallest absolute Gasteiger partial charge is 0.332 e. The van der Waals surface area contributed by atoms with Crippen LogP contribution < -0.4 is 10.5 Å². The largest absolute Gasteiger partial charge is 0.385 e. The van der Waals surface area contributed by atoms with E-state index in [1.165, 1.54) is 13.8 Å². The Labute approximate surface area is 90.4 Å². The first-order valence-corrected chi connectivity index (χ1v) is 5.98. The van der Waals surface area contributed by atoms with Crippen LogP contribution in [0, 0.1) is 5.92 Å². The van der Waals surface area contributed by atoms with Crippen LogP contribution in [-0.4, -0.2) is 26.5 Å². The maximum atomic E-state index is 11.2. The highest BCUT2D eigenvalue weighted by atomic mass is 32.2. The van der Waals surface area contributed by atoms with Gasteiger partial charge in [-0.1, -0.05) is 13.8 Å². The second-order valence-electron chi connectivity index (χ2n) is 4.29. The van der Waals surface area contributed by atoms with E-state index in [0.717, 1.165) is 0 Å². The Morgan fingerprint density at radius 2 is 1.93 bits per heavy atom. The zero-order valence-corrected chi connectivity index (χ0v) is 10.2. The summed E-state index contributed by atoms with van der Waals surface area (Å²) >= 11 is 0. The lowest BCUT2D eigenvalue weighted by Crippen LogP contribution is -2.45. The van der Waals surface area contributed by atoms with Gasteiger partial charge < -0.3 is 9.92 Å². The normalized spacial score (nSPS) is 12.9. The molecule has 0 heterocycles. The number of nitrogens with two attached hydrogens (primary N) is 1. The van der Waals surface area contributed by atoms with Gasteiger partial charge in [0.2, 0.25) is 0 Å². The molecule has 0 aliphatic carbocycles. The van der Waals surface area contributed by atoms with Crippen molar-refractivity contribution in [2.75, 3.05) is 6.54 Å². The monoisotopic (exact) mass is 238 g/mol. The summed E-state index contributed by atoms with van der Waals surface area (Å²) in [5, 5.41) is 0. The van der Waals surface area contributed by atoms with Crippen molar-refractivity contribution in [1.82, 2.24) is 4.72 Å². The zero-order chi connectivity index (χ0) is 12.3. The number of rotatable bonds is 5. The summed E-state index contributed by atoms with van der Waals surface area (Å²) in [5.74, 6) is -0.858. The number of hydrogen-bond donors (Lipinski definition) is 2. The van der Waals surface area contributed by atoms with Crippen LogP contribution >= 0.6 is 0 Å². The molecule has 0 radical (unpaired) electrons. The van der Waals surface area contributed by atoms with Gasteiger partial charge in [-0.2, -0.15) is 13.1 Å². The second-order valence-corrected chi connectivity index (χ2v) is 5.65. The summed E-state index contributed by atoms with van der Waals surface area (Å²) in [6.45, 7) is 6.61. The van der Waals surface area contributed by atoms with Gasteiger partial charge in [-0.05, 0) is 19.8 Å². The molecular formula is C8H18N2O4S. The van der Waals surface area contributed by atoms with Gasteiger partial charge in [-0.15, -0.1) is 0 Å². The Morgan fingerprint density at radius 3 is 2.27 bits per heavy atom. The van der Waals surface area contributed by atoms with Crippen molar-refractivity contribution < 1.29 is 17.4 Å². The molecule has 0 saturated carbocycles. The van der Waals surface area contributed by atoms with Crippen LogP contribution in [0.5, 0.6) is 0 Å². The van der Waals surface area contributed by atoms with E-state index in [2.05, 4.69) is 8.91 Å². The van der Waals surface area contributed by atoms with Crippen molar-refractivity contribution in [3.05, 3.63) is 0 Å².